The van der Waals surface area contributed by atoms with Gasteiger partial charge in [0, 0.05) is 6.42 Å². The molecule has 58 valence electrons. The molecule has 1 atom stereocenters. The largest absolute Gasteiger partial charge is 0.424 e. The van der Waals surface area contributed by atoms with Crippen LogP contribution in [0.3, 0.4) is 0 Å². The maximum absolute atomic E-state index is 5.41. The number of alkyl halides is 1. The van der Waals surface area contributed by atoms with Crippen LogP contribution in [-0.2, 0) is 6.42 Å². The average molecular weight is 231 g/mol. The molecule has 0 spiro atoms. The first-order valence-corrected chi connectivity index (χ1v) is 5.13. The van der Waals surface area contributed by atoms with E-state index in [-0.39, 0.29) is 0 Å². The molecule has 0 aromatic heterocycles. The van der Waals surface area contributed by atoms with Gasteiger partial charge in [0.1, 0.15) is 9.91 Å². The van der Waals surface area contributed by atoms with E-state index in [0.29, 0.717) is 4.16 Å². The van der Waals surface area contributed by atoms with Crippen LogP contribution in [0, 0.1) is 0 Å². The quantitative estimate of drug-likeness (QED) is 0.501. The van der Waals surface area contributed by atoms with Crippen molar-refractivity contribution in [1.82, 2.24) is 0 Å². The van der Waals surface area contributed by atoms with Crippen molar-refractivity contribution in [3.05, 3.63) is 29.8 Å². The molecule has 1 aliphatic rings. The molecule has 0 aliphatic carbocycles. The van der Waals surface area contributed by atoms with Gasteiger partial charge in [-0.1, -0.05) is 34.1 Å². The second kappa shape index (κ2) is 3.07. The van der Waals surface area contributed by atoms with Crippen molar-refractivity contribution in [2.75, 3.05) is 0 Å². The van der Waals surface area contributed by atoms with Gasteiger partial charge in [-0.15, -0.1) is 0 Å². The molecule has 1 heterocycles. The number of hydrogen-bond donors (Lipinski definition) is 0. The lowest BCUT2D eigenvalue weighted by atomic mass is 10.1. The summed E-state index contributed by atoms with van der Waals surface area (Å²) in [5.41, 5.74) is 1.29. The van der Waals surface area contributed by atoms with Gasteiger partial charge < -0.3 is 4.18 Å². The third-order valence-corrected chi connectivity index (χ3v) is 3.03. The summed E-state index contributed by atoms with van der Waals surface area (Å²) < 4.78 is 5.81. The van der Waals surface area contributed by atoms with Crippen LogP contribution in [-0.4, -0.2) is 4.16 Å². The Bertz CT molecular complexity index is 264. The lowest BCUT2D eigenvalue weighted by Crippen LogP contribution is -2.07. The number of benzene rings is 1. The van der Waals surface area contributed by atoms with E-state index in [1.807, 2.05) is 18.2 Å². The van der Waals surface area contributed by atoms with Crippen molar-refractivity contribution >= 4 is 28.0 Å². The first-order chi connectivity index (χ1) is 5.36. The summed E-state index contributed by atoms with van der Waals surface area (Å²) in [5, 5.41) is 0. The van der Waals surface area contributed by atoms with Crippen LogP contribution in [0.1, 0.15) is 5.56 Å². The highest BCUT2D eigenvalue weighted by atomic mass is 79.9. The Kier molecular flexibility index (Phi) is 2.09. The van der Waals surface area contributed by atoms with Gasteiger partial charge in [0.25, 0.3) is 0 Å². The van der Waals surface area contributed by atoms with Crippen molar-refractivity contribution in [2.45, 2.75) is 10.6 Å². The fourth-order valence-corrected chi connectivity index (χ4v) is 2.26. The highest BCUT2D eigenvalue weighted by Crippen LogP contribution is 2.35. The Morgan fingerprint density at radius 1 is 1.45 bits per heavy atom. The third-order valence-electron chi connectivity index (χ3n) is 1.60. The van der Waals surface area contributed by atoms with E-state index in [1.54, 1.807) is 0 Å². The SMILES string of the molecule is BrC1Cc2ccccc2OS1. The highest BCUT2D eigenvalue weighted by Gasteiger charge is 2.17. The normalized spacial score (nSPS) is 22.1. The zero-order valence-corrected chi connectivity index (χ0v) is 8.19. The number of halogens is 1. The van der Waals surface area contributed by atoms with Crippen LogP contribution in [0.25, 0.3) is 0 Å². The molecule has 1 aromatic carbocycles. The van der Waals surface area contributed by atoms with E-state index < -0.39 is 0 Å². The Labute approximate surface area is 78.5 Å². The van der Waals surface area contributed by atoms with E-state index in [9.17, 15) is 0 Å². The molecule has 0 radical (unpaired) electrons. The zero-order valence-electron chi connectivity index (χ0n) is 5.79. The smallest absolute Gasteiger partial charge is 0.140 e. The first kappa shape index (κ1) is 7.50. The summed E-state index contributed by atoms with van der Waals surface area (Å²) >= 11 is 4.97. The van der Waals surface area contributed by atoms with Crippen LogP contribution in [0.15, 0.2) is 24.3 Å². The monoisotopic (exact) mass is 230 g/mol. The van der Waals surface area contributed by atoms with E-state index in [2.05, 4.69) is 22.0 Å². The minimum atomic E-state index is 0.400. The fourth-order valence-electron chi connectivity index (χ4n) is 1.06. The standard InChI is InChI=1S/C8H7BrOS/c9-8-5-6-3-1-2-4-7(6)10-11-8/h1-4,8H,5H2. The molecule has 0 bridgehead atoms. The van der Waals surface area contributed by atoms with Gasteiger partial charge in [-0.25, -0.2) is 0 Å². The summed E-state index contributed by atoms with van der Waals surface area (Å²) in [4.78, 5) is 0. The molecule has 0 fully saturated rings. The first-order valence-electron chi connectivity index (χ1n) is 3.41. The molecule has 0 saturated carbocycles. The minimum absolute atomic E-state index is 0.400. The molecule has 1 unspecified atom stereocenters. The van der Waals surface area contributed by atoms with Gasteiger partial charge in [0.05, 0.1) is 12.0 Å². The average Bonchev–Trinajstić information content (AvgIpc) is 2.04. The van der Waals surface area contributed by atoms with Gasteiger partial charge in [-0.3, -0.25) is 0 Å². The highest BCUT2D eigenvalue weighted by molar-refractivity contribution is 9.11. The third kappa shape index (κ3) is 1.54. The molecule has 1 aromatic rings. The molecule has 0 saturated heterocycles. The van der Waals surface area contributed by atoms with E-state index in [4.69, 9.17) is 4.18 Å². The topological polar surface area (TPSA) is 9.23 Å². The summed E-state index contributed by atoms with van der Waals surface area (Å²) in [6, 6.07) is 8.14. The number of para-hydroxylation sites is 1. The van der Waals surface area contributed by atoms with Crippen molar-refractivity contribution in [2.24, 2.45) is 0 Å². The van der Waals surface area contributed by atoms with Crippen molar-refractivity contribution in [3.8, 4) is 5.75 Å². The Balaban J connectivity index is 2.34. The van der Waals surface area contributed by atoms with Gasteiger partial charge in [0.2, 0.25) is 0 Å². The van der Waals surface area contributed by atoms with Gasteiger partial charge in [-0.2, -0.15) is 0 Å². The van der Waals surface area contributed by atoms with Crippen LogP contribution < -0.4 is 4.18 Å². The van der Waals surface area contributed by atoms with Crippen molar-refractivity contribution in [3.63, 3.8) is 0 Å². The summed E-state index contributed by atoms with van der Waals surface area (Å²) in [7, 11) is 0. The number of hydrogen-bond acceptors (Lipinski definition) is 2. The number of fused-ring (bicyclic) bond motifs is 1. The predicted molar refractivity (Wildman–Crippen MR) is 51.1 cm³/mol. The van der Waals surface area contributed by atoms with E-state index >= 15 is 0 Å². The fraction of sp³-hybridized carbons (Fsp3) is 0.250. The molecule has 0 N–H and O–H groups in total. The van der Waals surface area contributed by atoms with E-state index in [1.165, 1.54) is 17.6 Å². The lowest BCUT2D eigenvalue weighted by Gasteiger charge is -2.18. The minimum Gasteiger partial charge on any atom is -0.424 e. The second-order valence-corrected chi connectivity index (χ2v) is 5.04. The Morgan fingerprint density at radius 3 is 3.18 bits per heavy atom. The van der Waals surface area contributed by atoms with E-state index in [0.717, 1.165) is 12.2 Å². The predicted octanol–water partition coefficient (Wildman–Crippen LogP) is 2.99. The van der Waals surface area contributed by atoms with Crippen LogP contribution in [0.4, 0.5) is 0 Å². The lowest BCUT2D eigenvalue weighted by molar-refractivity contribution is 0.617. The molecule has 1 nitrogen and oxygen atoms in total. The molecule has 0 amide bonds. The second-order valence-electron chi connectivity index (χ2n) is 2.40. The molecular formula is C8H7BrOS. The molecular weight excluding hydrogens is 224 g/mol. The van der Waals surface area contributed by atoms with Gasteiger partial charge in [-0.05, 0) is 11.6 Å². The van der Waals surface area contributed by atoms with Crippen molar-refractivity contribution < 1.29 is 4.18 Å². The summed E-state index contributed by atoms with van der Waals surface area (Å²) in [6.07, 6.45) is 1.04. The van der Waals surface area contributed by atoms with Crippen LogP contribution >= 0.6 is 28.0 Å². The Morgan fingerprint density at radius 2 is 2.27 bits per heavy atom. The van der Waals surface area contributed by atoms with Gasteiger partial charge in [0.15, 0.2) is 0 Å². The molecule has 1 aliphatic heterocycles. The molecule has 3 heteroatoms. The molecule has 2 rings (SSSR count). The number of rotatable bonds is 0. The van der Waals surface area contributed by atoms with Crippen LogP contribution in [0.5, 0.6) is 5.75 Å². The Hall–Kier alpha value is -0.150. The maximum Gasteiger partial charge on any atom is 0.140 e. The molecule has 11 heavy (non-hydrogen) atoms. The summed E-state index contributed by atoms with van der Waals surface area (Å²) in [6.45, 7) is 0. The van der Waals surface area contributed by atoms with Gasteiger partial charge >= 0.3 is 0 Å². The zero-order chi connectivity index (χ0) is 7.68. The summed E-state index contributed by atoms with van der Waals surface area (Å²) in [5.74, 6) is 1.01. The van der Waals surface area contributed by atoms with Crippen molar-refractivity contribution in [1.29, 1.82) is 0 Å². The van der Waals surface area contributed by atoms with Crippen LogP contribution in [0.2, 0.25) is 0 Å². The maximum atomic E-state index is 5.41.